The largest absolute Gasteiger partial charge is 0.106 e. The van der Waals surface area contributed by atoms with Gasteiger partial charge in [-0.1, -0.05) is 202 Å². The molecule has 0 amide bonds. The van der Waals surface area contributed by atoms with E-state index in [2.05, 4.69) is 217 Å². The van der Waals surface area contributed by atoms with Crippen LogP contribution >= 0.6 is 0 Å². The van der Waals surface area contributed by atoms with Crippen LogP contribution in [0.4, 0.5) is 0 Å². The first-order valence-electron chi connectivity index (χ1n) is 20.8. The Hall–Kier alpha value is -5.20. The highest BCUT2D eigenvalue weighted by atomic mass is 14.2. The van der Waals surface area contributed by atoms with Crippen molar-refractivity contribution < 1.29 is 0 Å². The molecule has 0 nitrogen and oxygen atoms in total. The van der Waals surface area contributed by atoms with Gasteiger partial charge in [-0.05, 0) is 127 Å². The first-order valence-corrected chi connectivity index (χ1v) is 20.8. The van der Waals surface area contributed by atoms with Gasteiger partial charge in [-0.15, -0.1) is 13.2 Å². The van der Waals surface area contributed by atoms with Gasteiger partial charge in [0.1, 0.15) is 0 Å². The predicted octanol–water partition coefficient (Wildman–Crippen LogP) is 17.6. The molecule has 0 unspecified atom stereocenters. The zero-order valence-electron chi connectivity index (χ0n) is 36.4. The van der Waals surface area contributed by atoms with Crippen molar-refractivity contribution in [3.05, 3.63) is 168 Å². The molecule has 0 aliphatic heterocycles. The molecule has 0 N–H and O–H groups in total. The molecule has 7 rings (SSSR count). The minimum atomic E-state index is 0.136. The number of hydrogen-bond acceptors (Lipinski definition) is 0. The number of fused-ring (bicyclic) bond motifs is 2. The summed E-state index contributed by atoms with van der Waals surface area (Å²) in [5, 5.41) is 5.15. The molecule has 0 saturated carbocycles. The summed E-state index contributed by atoms with van der Waals surface area (Å²) in [4.78, 5) is 0. The maximum atomic E-state index is 3.00. The van der Waals surface area contributed by atoms with Crippen molar-refractivity contribution in [3.63, 3.8) is 0 Å². The van der Waals surface area contributed by atoms with Crippen molar-refractivity contribution in [1.82, 2.24) is 0 Å². The van der Waals surface area contributed by atoms with Crippen LogP contribution < -0.4 is 0 Å². The van der Waals surface area contributed by atoms with Crippen LogP contribution in [-0.4, -0.2) is 0 Å². The summed E-state index contributed by atoms with van der Waals surface area (Å²) in [5.74, 6) is 0. The van der Waals surface area contributed by atoms with Gasteiger partial charge in [-0.3, -0.25) is 0 Å². The van der Waals surface area contributed by atoms with Crippen LogP contribution in [0.5, 0.6) is 0 Å². The Labute approximate surface area is 340 Å². The van der Waals surface area contributed by atoms with Gasteiger partial charge in [-0.25, -0.2) is 0 Å². The molecule has 0 radical (unpaired) electrons. The van der Waals surface area contributed by atoms with E-state index in [0.29, 0.717) is 0 Å². The smallest absolute Gasteiger partial charge is 0.00235 e. The third-order valence-electron chi connectivity index (χ3n) is 10.9. The van der Waals surface area contributed by atoms with Crippen molar-refractivity contribution in [2.45, 2.75) is 107 Å². The molecule has 0 heteroatoms. The molecule has 0 atom stereocenters. The molecule has 290 valence electrons. The second-order valence-electron chi connectivity index (χ2n) is 15.9. The molecule has 0 heterocycles. The van der Waals surface area contributed by atoms with Gasteiger partial charge < -0.3 is 0 Å². The number of benzene rings is 7. The number of aryl methyl sites for hydroxylation is 3. The van der Waals surface area contributed by atoms with Crippen molar-refractivity contribution in [1.29, 1.82) is 0 Å². The van der Waals surface area contributed by atoms with Crippen molar-refractivity contribution in [2.24, 2.45) is 0 Å². The van der Waals surface area contributed by atoms with Crippen LogP contribution in [0.3, 0.4) is 0 Å². The van der Waals surface area contributed by atoms with Gasteiger partial charge in [-0.2, -0.15) is 0 Å². The summed E-state index contributed by atoms with van der Waals surface area (Å²) in [6.45, 7) is 30.6. The molecule has 0 aromatic heterocycles. The first kappa shape index (κ1) is 43.5. The van der Waals surface area contributed by atoms with E-state index in [4.69, 9.17) is 0 Å². The minimum Gasteiger partial charge on any atom is -0.106 e. The Kier molecular flexibility index (Phi) is 15.6. The van der Waals surface area contributed by atoms with Gasteiger partial charge in [0.15, 0.2) is 0 Å². The number of unbranched alkanes of at least 4 members (excludes halogenated alkanes) is 2. The number of hydrogen-bond donors (Lipinski definition) is 0. The standard InChI is InChI=1S/C46H42.2C4H10.C2H4/c1-29-15-8-9-16-35(29)38-21-14-22-39(32(38)4)45-42-19-12-10-17-40(42)44(41-18-11-13-20-43(41)45)33-23-25-36(30(2)27-33)37-26-24-34(28-31(37)3)46(5,6)7;2*1-3-4-2;1-2/h8-28H,1-7H3;2*3-4H2,1-2H3;1-2H2. The third kappa shape index (κ3) is 9.59. The second-order valence-corrected chi connectivity index (χ2v) is 15.9. The molecule has 56 heavy (non-hydrogen) atoms. The topological polar surface area (TPSA) is 0 Å². The monoisotopic (exact) mass is 739 g/mol. The van der Waals surface area contributed by atoms with E-state index in [0.717, 1.165) is 0 Å². The maximum absolute atomic E-state index is 3.00. The summed E-state index contributed by atoms with van der Waals surface area (Å²) in [7, 11) is 0. The molecule has 7 aromatic carbocycles. The fourth-order valence-corrected chi connectivity index (χ4v) is 7.36. The molecule has 7 aromatic rings. The lowest BCUT2D eigenvalue weighted by Gasteiger charge is -2.22. The van der Waals surface area contributed by atoms with E-state index >= 15 is 0 Å². The van der Waals surface area contributed by atoms with Crippen LogP contribution in [-0.2, 0) is 5.41 Å². The van der Waals surface area contributed by atoms with Gasteiger partial charge in [0, 0.05) is 0 Å². The molecule has 0 aliphatic rings. The lowest BCUT2D eigenvalue weighted by molar-refractivity contribution is 0.590. The zero-order chi connectivity index (χ0) is 41.0. The van der Waals surface area contributed by atoms with E-state index in [-0.39, 0.29) is 5.41 Å². The minimum absolute atomic E-state index is 0.136. The van der Waals surface area contributed by atoms with Gasteiger partial charge >= 0.3 is 0 Å². The Morgan fingerprint density at radius 1 is 0.393 bits per heavy atom. The van der Waals surface area contributed by atoms with E-state index in [1.165, 1.54) is 120 Å². The lowest BCUT2D eigenvalue weighted by atomic mass is 9.82. The SMILES string of the molecule is C=C.CCCC.CCCC.Cc1cc(-c2c3ccccc3c(-c3cccc(-c4ccccc4C)c3C)c3ccccc23)ccc1-c1ccc(C(C)(C)C)cc1C. The predicted molar refractivity (Wildman–Crippen MR) is 253 cm³/mol. The summed E-state index contributed by atoms with van der Waals surface area (Å²) in [5.41, 5.74) is 17.1. The second kappa shape index (κ2) is 20.1. The van der Waals surface area contributed by atoms with Gasteiger partial charge in [0.05, 0.1) is 0 Å². The molecule has 0 bridgehead atoms. The maximum Gasteiger partial charge on any atom is -0.00235 e. The molecule has 0 spiro atoms. The Morgan fingerprint density at radius 3 is 1.27 bits per heavy atom. The molecular formula is C56H66. The quantitative estimate of drug-likeness (QED) is 0.118. The molecule has 0 aliphatic carbocycles. The van der Waals surface area contributed by atoms with Crippen molar-refractivity contribution in [2.75, 3.05) is 0 Å². The Morgan fingerprint density at radius 2 is 0.804 bits per heavy atom. The van der Waals surface area contributed by atoms with Crippen LogP contribution in [0.1, 0.15) is 102 Å². The van der Waals surface area contributed by atoms with E-state index < -0.39 is 0 Å². The molecule has 0 fully saturated rings. The number of rotatable bonds is 6. The van der Waals surface area contributed by atoms with Crippen LogP contribution in [0.2, 0.25) is 0 Å². The summed E-state index contributed by atoms with van der Waals surface area (Å²) in [6.07, 6.45) is 5.28. The Bertz CT molecular complexity index is 2300. The van der Waals surface area contributed by atoms with Crippen LogP contribution in [0.25, 0.3) is 66.1 Å². The summed E-state index contributed by atoms with van der Waals surface area (Å²) >= 11 is 0. The average molecular weight is 739 g/mol. The van der Waals surface area contributed by atoms with E-state index in [9.17, 15) is 0 Å². The highest BCUT2D eigenvalue weighted by Crippen LogP contribution is 2.46. The highest BCUT2D eigenvalue weighted by Gasteiger charge is 2.20. The van der Waals surface area contributed by atoms with Crippen LogP contribution in [0.15, 0.2) is 141 Å². The fraction of sp³-hybridized carbons (Fsp3) is 0.286. The Balaban J connectivity index is 0.000000629. The van der Waals surface area contributed by atoms with Crippen molar-refractivity contribution in [3.8, 4) is 44.5 Å². The van der Waals surface area contributed by atoms with Gasteiger partial charge in [0.2, 0.25) is 0 Å². The zero-order valence-corrected chi connectivity index (χ0v) is 36.4. The fourth-order valence-electron chi connectivity index (χ4n) is 7.36. The highest BCUT2D eigenvalue weighted by molar-refractivity contribution is 6.21. The average Bonchev–Trinajstić information content (AvgIpc) is 3.21. The van der Waals surface area contributed by atoms with E-state index in [1.54, 1.807) is 0 Å². The van der Waals surface area contributed by atoms with Crippen molar-refractivity contribution >= 4 is 21.5 Å². The molecular weight excluding hydrogens is 673 g/mol. The lowest BCUT2D eigenvalue weighted by Crippen LogP contribution is -2.11. The molecule has 0 saturated heterocycles. The third-order valence-corrected chi connectivity index (χ3v) is 10.9. The van der Waals surface area contributed by atoms with Gasteiger partial charge in [0.25, 0.3) is 0 Å². The van der Waals surface area contributed by atoms with Crippen LogP contribution in [0, 0.1) is 27.7 Å². The normalized spacial score (nSPS) is 10.8. The first-order chi connectivity index (χ1) is 27.0. The summed E-state index contributed by atoms with van der Waals surface area (Å²) < 4.78 is 0. The summed E-state index contributed by atoms with van der Waals surface area (Å²) in [6, 6.07) is 47.5. The van der Waals surface area contributed by atoms with E-state index in [1.807, 2.05) is 0 Å².